The summed E-state index contributed by atoms with van der Waals surface area (Å²) >= 11 is 0. The lowest BCUT2D eigenvalue weighted by Gasteiger charge is -2.16. The molecule has 0 rings (SSSR count). The van der Waals surface area contributed by atoms with Crippen molar-refractivity contribution in [2.45, 2.75) is 38.5 Å². The Bertz CT molecular complexity index is 73.5. The first-order valence-electron chi connectivity index (χ1n) is 3.23. The fraction of sp³-hybridized carbons (Fsp3) is 1.00. The van der Waals surface area contributed by atoms with E-state index >= 15 is 0 Å². The van der Waals surface area contributed by atoms with E-state index in [4.69, 9.17) is 16.6 Å². The molecule has 0 heterocycles. The van der Waals surface area contributed by atoms with Crippen LogP contribution in [0.3, 0.4) is 0 Å². The first kappa shape index (κ1) is 8.88. The molecule has 9 heavy (non-hydrogen) atoms. The van der Waals surface area contributed by atoms with Gasteiger partial charge in [0.2, 0.25) is 0 Å². The zero-order valence-corrected chi connectivity index (χ0v) is 6.04. The van der Waals surface area contributed by atoms with Crippen LogP contribution in [0.15, 0.2) is 0 Å². The van der Waals surface area contributed by atoms with E-state index in [0.717, 1.165) is 0 Å². The molecule has 0 amide bonds. The summed E-state index contributed by atoms with van der Waals surface area (Å²) in [7, 11) is 0. The first-order valence-corrected chi connectivity index (χ1v) is 3.23. The maximum atomic E-state index is 8.84. The average Bonchev–Trinajstić information content (AvgIpc) is 1.63. The van der Waals surface area contributed by atoms with Crippen molar-refractivity contribution in [1.82, 2.24) is 0 Å². The molecule has 0 aromatic carbocycles. The van der Waals surface area contributed by atoms with Gasteiger partial charge in [0, 0.05) is 12.1 Å². The predicted molar refractivity (Wildman–Crippen MR) is 37.9 cm³/mol. The maximum Gasteiger partial charge on any atom is 0.0527 e. The highest BCUT2D eigenvalue weighted by atomic mass is 16.3. The third kappa shape index (κ3) is 4.39. The molecule has 3 nitrogen and oxygen atoms in total. The molecule has 56 valence electrons. The van der Waals surface area contributed by atoms with Crippen molar-refractivity contribution in [3.8, 4) is 0 Å². The van der Waals surface area contributed by atoms with Crippen LogP contribution in [0.25, 0.3) is 0 Å². The van der Waals surface area contributed by atoms with E-state index in [0.29, 0.717) is 6.42 Å². The molecular formula is C6H16N2O. The molecule has 0 saturated heterocycles. The molecule has 0 aromatic heterocycles. The highest BCUT2D eigenvalue weighted by molar-refractivity contribution is 4.72. The molecule has 0 bridgehead atoms. The Labute approximate surface area is 56.0 Å². The fourth-order valence-corrected chi connectivity index (χ4v) is 0.609. The van der Waals surface area contributed by atoms with E-state index < -0.39 is 0 Å². The summed E-state index contributed by atoms with van der Waals surface area (Å²) in [6.07, 6.45) is 0.239. The zero-order valence-electron chi connectivity index (χ0n) is 6.04. The van der Waals surface area contributed by atoms with Crippen LogP contribution >= 0.6 is 0 Å². The first-order chi connectivity index (χ1) is 4.04. The van der Waals surface area contributed by atoms with Gasteiger partial charge in [-0.05, 0) is 20.3 Å². The van der Waals surface area contributed by atoms with Gasteiger partial charge in [0.15, 0.2) is 0 Å². The minimum absolute atomic E-state index is 0.0281. The van der Waals surface area contributed by atoms with E-state index in [1.807, 2.05) is 6.92 Å². The second kappa shape index (κ2) is 3.82. The van der Waals surface area contributed by atoms with Crippen molar-refractivity contribution in [2.24, 2.45) is 11.5 Å². The lowest BCUT2D eigenvalue weighted by Crippen LogP contribution is -2.40. The summed E-state index contributed by atoms with van der Waals surface area (Å²) in [4.78, 5) is 0. The van der Waals surface area contributed by atoms with E-state index in [1.165, 1.54) is 0 Å². The van der Waals surface area contributed by atoms with Crippen molar-refractivity contribution in [3.05, 3.63) is 0 Å². The number of aliphatic hydroxyl groups is 1. The van der Waals surface area contributed by atoms with Gasteiger partial charge in [-0.2, -0.15) is 0 Å². The highest BCUT2D eigenvalue weighted by Crippen LogP contribution is 1.96. The summed E-state index contributed by atoms with van der Waals surface area (Å²) in [5, 5.41) is 8.84. The molecule has 0 aromatic rings. The van der Waals surface area contributed by atoms with Crippen molar-refractivity contribution < 1.29 is 5.11 Å². The minimum Gasteiger partial charge on any atom is -0.393 e. The quantitative estimate of drug-likeness (QED) is 0.481. The van der Waals surface area contributed by atoms with Gasteiger partial charge < -0.3 is 16.6 Å². The summed E-state index contributed by atoms with van der Waals surface area (Å²) in [5.74, 6) is 0. The normalized spacial score (nSPS) is 21.0. The van der Waals surface area contributed by atoms with Crippen LogP contribution < -0.4 is 11.5 Å². The van der Waals surface area contributed by atoms with Gasteiger partial charge in [0.05, 0.1) is 6.10 Å². The van der Waals surface area contributed by atoms with Gasteiger partial charge in [-0.15, -0.1) is 0 Å². The van der Waals surface area contributed by atoms with Crippen LogP contribution in [-0.4, -0.2) is 23.3 Å². The molecule has 0 aliphatic rings. The van der Waals surface area contributed by atoms with Crippen LogP contribution in [0.2, 0.25) is 0 Å². The zero-order chi connectivity index (χ0) is 7.44. The van der Waals surface area contributed by atoms with Crippen LogP contribution in [0.5, 0.6) is 0 Å². The lowest BCUT2D eigenvalue weighted by molar-refractivity contribution is 0.171. The van der Waals surface area contributed by atoms with Gasteiger partial charge in [0.1, 0.15) is 0 Å². The molecule has 0 aliphatic carbocycles. The standard InChI is InChI=1S/C6H16N2O/c1-4(9)3-6(8)5(2)7/h4-6,9H,3,7-8H2,1-2H3. The maximum absolute atomic E-state index is 8.84. The third-order valence-corrected chi connectivity index (χ3v) is 1.29. The second-order valence-electron chi connectivity index (χ2n) is 2.61. The Hall–Kier alpha value is -0.120. The summed E-state index contributed by atoms with van der Waals surface area (Å²) < 4.78 is 0. The van der Waals surface area contributed by atoms with Crippen molar-refractivity contribution in [3.63, 3.8) is 0 Å². The summed E-state index contributed by atoms with van der Waals surface area (Å²) in [6.45, 7) is 3.55. The van der Waals surface area contributed by atoms with E-state index in [2.05, 4.69) is 0 Å². The number of nitrogens with two attached hydrogens (primary N) is 2. The van der Waals surface area contributed by atoms with Crippen molar-refractivity contribution in [2.75, 3.05) is 0 Å². The molecule has 0 spiro atoms. The lowest BCUT2D eigenvalue weighted by atomic mass is 10.1. The van der Waals surface area contributed by atoms with E-state index in [-0.39, 0.29) is 18.2 Å². The highest BCUT2D eigenvalue weighted by Gasteiger charge is 2.09. The molecule has 0 saturated carbocycles. The van der Waals surface area contributed by atoms with Crippen molar-refractivity contribution >= 4 is 0 Å². The smallest absolute Gasteiger partial charge is 0.0527 e. The summed E-state index contributed by atoms with van der Waals surface area (Å²) in [5.41, 5.74) is 11.0. The minimum atomic E-state index is -0.342. The molecule has 5 N–H and O–H groups in total. The Kier molecular flexibility index (Phi) is 3.77. The number of hydrogen-bond acceptors (Lipinski definition) is 3. The second-order valence-corrected chi connectivity index (χ2v) is 2.61. The van der Waals surface area contributed by atoms with Crippen molar-refractivity contribution in [1.29, 1.82) is 0 Å². The molecule has 0 radical (unpaired) electrons. The number of rotatable bonds is 3. The van der Waals surface area contributed by atoms with E-state index in [9.17, 15) is 0 Å². The molecule has 3 unspecified atom stereocenters. The topological polar surface area (TPSA) is 72.3 Å². The van der Waals surface area contributed by atoms with Gasteiger partial charge in [-0.1, -0.05) is 0 Å². The fourth-order valence-electron chi connectivity index (χ4n) is 0.609. The van der Waals surface area contributed by atoms with Crippen LogP contribution in [0.4, 0.5) is 0 Å². The van der Waals surface area contributed by atoms with Crippen LogP contribution in [0, 0.1) is 0 Å². The van der Waals surface area contributed by atoms with Gasteiger partial charge >= 0.3 is 0 Å². The Balaban J connectivity index is 3.38. The monoisotopic (exact) mass is 132 g/mol. The number of hydrogen-bond donors (Lipinski definition) is 3. The van der Waals surface area contributed by atoms with Crippen LogP contribution in [0.1, 0.15) is 20.3 Å². The molecule has 3 heteroatoms. The number of aliphatic hydroxyl groups excluding tert-OH is 1. The average molecular weight is 132 g/mol. The third-order valence-electron chi connectivity index (χ3n) is 1.29. The van der Waals surface area contributed by atoms with Gasteiger partial charge in [-0.25, -0.2) is 0 Å². The largest absolute Gasteiger partial charge is 0.393 e. The van der Waals surface area contributed by atoms with Gasteiger partial charge in [0.25, 0.3) is 0 Å². The summed E-state index contributed by atoms with van der Waals surface area (Å²) in [6, 6.07) is -0.107. The van der Waals surface area contributed by atoms with Gasteiger partial charge in [-0.3, -0.25) is 0 Å². The van der Waals surface area contributed by atoms with Crippen LogP contribution in [-0.2, 0) is 0 Å². The molecule has 0 fully saturated rings. The Morgan fingerprint density at radius 1 is 1.33 bits per heavy atom. The Morgan fingerprint density at radius 3 is 1.89 bits per heavy atom. The molecule has 3 atom stereocenters. The molecular weight excluding hydrogens is 116 g/mol. The molecule has 0 aliphatic heterocycles. The van der Waals surface area contributed by atoms with E-state index in [1.54, 1.807) is 6.92 Å². The predicted octanol–water partition coefficient (Wildman–Crippen LogP) is -0.568. The SMILES string of the molecule is CC(O)CC(N)C(C)N. The Morgan fingerprint density at radius 2 is 1.78 bits per heavy atom.